The van der Waals surface area contributed by atoms with Crippen molar-refractivity contribution in [3.8, 4) is 0 Å². The summed E-state index contributed by atoms with van der Waals surface area (Å²) in [5.74, 6) is 0.529. The Hall–Kier alpha value is -0.0800. The number of rotatable bonds is 21. The summed E-state index contributed by atoms with van der Waals surface area (Å²) in [6.07, 6.45) is 25.5. The van der Waals surface area contributed by atoms with Crippen LogP contribution in [0.25, 0.3) is 0 Å². The Morgan fingerprint density at radius 2 is 0.760 bits per heavy atom. The van der Waals surface area contributed by atoms with E-state index < -0.39 is 0 Å². The molecule has 0 amide bonds. The fourth-order valence-electron chi connectivity index (χ4n) is 3.78. The highest BCUT2D eigenvalue weighted by Gasteiger charge is 2.06. The molecule has 0 unspecified atom stereocenters. The molecule has 0 aliphatic carbocycles. The largest absolute Gasteiger partial charge is 0.396 e. The minimum absolute atomic E-state index is 0.267. The van der Waals surface area contributed by atoms with E-state index in [-0.39, 0.29) is 13.2 Å². The van der Waals surface area contributed by atoms with Crippen molar-refractivity contribution in [2.45, 2.75) is 129 Å². The van der Waals surface area contributed by atoms with Crippen LogP contribution in [0, 0.1) is 5.92 Å². The Morgan fingerprint density at radius 1 is 0.440 bits per heavy atom. The molecule has 2 N–H and O–H groups in total. The van der Waals surface area contributed by atoms with Crippen LogP contribution in [0.3, 0.4) is 0 Å². The van der Waals surface area contributed by atoms with Gasteiger partial charge in [0.2, 0.25) is 0 Å². The zero-order valence-corrected chi connectivity index (χ0v) is 17.3. The summed E-state index contributed by atoms with van der Waals surface area (Å²) in [6.45, 7) is 2.82. The van der Waals surface area contributed by atoms with E-state index in [0.717, 1.165) is 12.8 Å². The van der Waals surface area contributed by atoms with E-state index in [2.05, 4.69) is 6.92 Å². The first kappa shape index (κ1) is 24.9. The fraction of sp³-hybridized carbons (Fsp3) is 1.00. The van der Waals surface area contributed by atoms with E-state index in [9.17, 15) is 0 Å². The second kappa shape index (κ2) is 22.0. The van der Waals surface area contributed by atoms with Gasteiger partial charge in [0.15, 0.2) is 0 Å². The smallest absolute Gasteiger partial charge is 0.0433 e. The summed E-state index contributed by atoms with van der Waals surface area (Å²) in [7, 11) is 0. The van der Waals surface area contributed by atoms with Crippen molar-refractivity contribution in [1.29, 1.82) is 0 Å². The van der Waals surface area contributed by atoms with Gasteiger partial charge < -0.3 is 10.2 Å². The van der Waals surface area contributed by atoms with Gasteiger partial charge in [-0.25, -0.2) is 0 Å². The van der Waals surface area contributed by atoms with Crippen LogP contribution in [0.5, 0.6) is 0 Å². The van der Waals surface area contributed by atoms with Gasteiger partial charge in [0.05, 0.1) is 0 Å². The van der Waals surface area contributed by atoms with Crippen LogP contribution in [0.1, 0.15) is 129 Å². The first-order chi connectivity index (χ1) is 12.3. The highest BCUT2D eigenvalue weighted by molar-refractivity contribution is 4.59. The predicted molar refractivity (Wildman–Crippen MR) is 111 cm³/mol. The Kier molecular flexibility index (Phi) is 21.9. The molecular formula is C23H48O2. The average Bonchev–Trinajstić information content (AvgIpc) is 2.61. The quantitative estimate of drug-likeness (QED) is 0.217. The molecule has 2 heteroatoms. The van der Waals surface area contributed by atoms with Gasteiger partial charge in [-0.1, -0.05) is 116 Å². The third-order valence-corrected chi connectivity index (χ3v) is 5.54. The molecule has 0 aromatic rings. The molecule has 152 valence electrons. The van der Waals surface area contributed by atoms with Gasteiger partial charge in [-0.15, -0.1) is 0 Å². The number of hydrogen-bond acceptors (Lipinski definition) is 2. The molecule has 0 fully saturated rings. The predicted octanol–water partition coefficient (Wildman–Crippen LogP) is 7.02. The van der Waals surface area contributed by atoms with Crippen molar-refractivity contribution in [1.82, 2.24) is 0 Å². The zero-order chi connectivity index (χ0) is 18.4. The molecule has 0 aromatic carbocycles. The number of aliphatic hydroxyl groups excluding tert-OH is 2. The molecule has 0 spiro atoms. The van der Waals surface area contributed by atoms with Gasteiger partial charge in [0.25, 0.3) is 0 Å². The van der Waals surface area contributed by atoms with Gasteiger partial charge in [0, 0.05) is 13.2 Å². The molecule has 0 aliphatic heterocycles. The van der Waals surface area contributed by atoms with Crippen LogP contribution in [0.15, 0.2) is 0 Å². The summed E-state index contributed by atoms with van der Waals surface area (Å²) < 4.78 is 0. The lowest BCUT2D eigenvalue weighted by atomic mass is 9.94. The first-order valence-electron chi connectivity index (χ1n) is 11.6. The molecular weight excluding hydrogens is 308 g/mol. The van der Waals surface area contributed by atoms with Crippen molar-refractivity contribution in [2.24, 2.45) is 5.92 Å². The highest BCUT2D eigenvalue weighted by Crippen LogP contribution is 2.18. The second-order valence-electron chi connectivity index (χ2n) is 7.98. The Bertz CT molecular complexity index is 224. The Balaban J connectivity index is 3.13. The van der Waals surface area contributed by atoms with E-state index >= 15 is 0 Å². The SMILES string of the molecule is CCCCCCCCCCCCCCCCCCC(CCO)CCO. The molecule has 0 saturated heterocycles. The lowest BCUT2D eigenvalue weighted by molar-refractivity contribution is 0.207. The normalized spacial score (nSPS) is 11.5. The molecule has 0 saturated carbocycles. The van der Waals surface area contributed by atoms with Gasteiger partial charge in [-0.2, -0.15) is 0 Å². The van der Waals surface area contributed by atoms with Crippen molar-refractivity contribution in [3.05, 3.63) is 0 Å². The van der Waals surface area contributed by atoms with E-state index in [4.69, 9.17) is 10.2 Å². The van der Waals surface area contributed by atoms with Gasteiger partial charge in [-0.05, 0) is 18.8 Å². The Morgan fingerprint density at radius 3 is 1.08 bits per heavy atom. The molecule has 0 aromatic heterocycles. The summed E-state index contributed by atoms with van der Waals surface area (Å²) in [5.41, 5.74) is 0. The third kappa shape index (κ3) is 20.1. The lowest BCUT2D eigenvalue weighted by Crippen LogP contribution is -2.05. The van der Waals surface area contributed by atoms with Crippen LogP contribution in [0.4, 0.5) is 0 Å². The summed E-state index contributed by atoms with van der Waals surface area (Å²) in [6, 6.07) is 0. The molecule has 0 rings (SSSR count). The number of aliphatic hydroxyl groups is 2. The van der Waals surface area contributed by atoms with Crippen LogP contribution < -0.4 is 0 Å². The summed E-state index contributed by atoms with van der Waals surface area (Å²) in [4.78, 5) is 0. The lowest BCUT2D eigenvalue weighted by Gasteiger charge is -2.13. The minimum Gasteiger partial charge on any atom is -0.396 e. The molecule has 0 heterocycles. The second-order valence-corrected chi connectivity index (χ2v) is 7.98. The van der Waals surface area contributed by atoms with Crippen LogP contribution in [-0.2, 0) is 0 Å². The molecule has 0 bridgehead atoms. The van der Waals surface area contributed by atoms with Crippen molar-refractivity contribution >= 4 is 0 Å². The fourth-order valence-corrected chi connectivity index (χ4v) is 3.78. The van der Waals surface area contributed by atoms with Crippen LogP contribution in [0.2, 0.25) is 0 Å². The molecule has 25 heavy (non-hydrogen) atoms. The van der Waals surface area contributed by atoms with Crippen molar-refractivity contribution in [2.75, 3.05) is 13.2 Å². The average molecular weight is 357 g/mol. The van der Waals surface area contributed by atoms with Crippen molar-refractivity contribution in [3.63, 3.8) is 0 Å². The maximum Gasteiger partial charge on any atom is 0.0433 e. The van der Waals surface area contributed by atoms with Gasteiger partial charge in [-0.3, -0.25) is 0 Å². The minimum atomic E-state index is 0.267. The first-order valence-corrected chi connectivity index (χ1v) is 11.6. The van der Waals surface area contributed by atoms with Gasteiger partial charge in [0.1, 0.15) is 0 Å². The number of unbranched alkanes of at least 4 members (excludes halogenated alkanes) is 15. The molecule has 0 radical (unpaired) electrons. The standard InChI is InChI=1S/C23H48O2/c1-2-3-4-5-6-7-8-9-10-11-12-13-14-15-16-17-18-23(19-21-24)20-22-25/h23-25H,2-22H2,1H3. The van der Waals surface area contributed by atoms with E-state index in [1.807, 2.05) is 0 Å². The van der Waals surface area contributed by atoms with Crippen molar-refractivity contribution < 1.29 is 10.2 Å². The monoisotopic (exact) mass is 356 g/mol. The van der Waals surface area contributed by atoms with E-state index in [0.29, 0.717) is 5.92 Å². The highest BCUT2D eigenvalue weighted by atomic mass is 16.3. The summed E-state index contributed by atoms with van der Waals surface area (Å²) in [5, 5.41) is 18.0. The zero-order valence-electron chi connectivity index (χ0n) is 17.3. The van der Waals surface area contributed by atoms with E-state index in [1.165, 1.54) is 109 Å². The summed E-state index contributed by atoms with van der Waals surface area (Å²) >= 11 is 0. The topological polar surface area (TPSA) is 40.5 Å². The number of hydrogen-bond donors (Lipinski definition) is 2. The van der Waals surface area contributed by atoms with Gasteiger partial charge >= 0.3 is 0 Å². The molecule has 0 atom stereocenters. The van der Waals surface area contributed by atoms with Crippen LogP contribution in [-0.4, -0.2) is 23.4 Å². The Labute approximate surface area is 158 Å². The van der Waals surface area contributed by atoms with E-state index in [1.54, 1.807) is 0 Å². The molecule has 0 aliphatic rings. The third-order valence-electron chi connectivity index (χ3n) is 5.54. The van der Waals surface area contributed by atoms with Crippen LogP contribution >= 0.6 is 0 Å². The molecule has 2 nitrogen and oxygen atoms in total. The maximum absolute atomic E-state index is 9.02. The maximum atomic E-state index is 9.02.